The Labute approximate surface area is 406 Å². The second-order valence-corrected chi connectivity index (χ2v) is 17.4. The minimum absolute atomic E-state index is 0.385. The van der Waals surface area contributed by atoms with Gasteiger partial charge in [0.05, 0.1) is 16.9 Å². The number of hydrogen-bond donors (Lipinski definition) is 0. The summed E-state index contributed by atoms with van der Waals surface area (Å²) < 4.78 is 12.6. The van der Waals surface area contributed by atoms with Gasteiger partial charge in [0.1, 0.15) is 0 Å². The fourth-order valence-corrected chi connectivity index (χ4v) is 8.78. The van der Waals surface area contributed by atoms with Crippen molar-refractivity contribution in [3.8, 4) is 22.4 Å². The molecule has 0 bridgehead atoms. The van der Waals surface area contributed by atoms with Gasteiger partial charge in [0.15, 0.2) is 0 Å². The molecule has 0 N–H and O–H groups in total. The lowest BCUT2D eigenvalue weighted by Crippen LogP contribution is -2.90. The molecule has 0 spiro atoms. The van der Waals surface area contributed by atoms with Crippen molar-refractivity contribution in [1.29, 1.82) is 0 Å². The molecule has 37 radical (unpaired) electrons. The summed E-state index contributed by atoms with van der Waals surface area (Å²) in [5.41, 5.74) is 4.43. The second-order valence-electron chi connectivity index (χ2n) is 17.4. The lowest BCUT2D eigenvalue weighted by Gasteiger charge is -2.52. The van der Waals surface area contributed by atoms with Crippen LogP contribution in [0.2, 0.25) is 0 Å². The van der Waals surface area contributed by atoms with E-state index in [-0.39, 0.29) is 11.2 Å². The molecule has 0 atom stereocenters. The van der Waals surface area contributed by atoms with Crippen LogP contribution in [-0.2, 0) is 9.31 Å². The van der Waals surface area contributed by atoms with Crippen LogP contribution in [0.25, 0.3) is 22.4 Å². The third-order valence-electron chi connectivity index (χ3n) is 12.5. The number of hydrogen-bond acceptors (Lipinski definition) is 3. The Balaban J connectivity index is 0.000000339. The molecule has 1 aliphatic rings. The second kappa shape index (κ2) is 24.7. The predicted molar refractivity (Wildman–Crippen MR) is 312 cm³/mol. The number of benzene rings is 2. The Morgan fingerprint density at radius 2 is 0.790 bits per heavy atom. The summed E-state index contributed by atoms with van der Waals surface area (Å²) in [6, 6.07) is 22.7. The summed E-state index contributed by atoms with van der Waals surface area (Å²) in [5.74, 6) is 0. The number of pyridine rings is 1. The highest BCUT2D eigenvalue weighted by molar-refractivity contribution is 8.30. The molecule has 0 saturated carbocycles. The van der Waals surface area contributed by atoms with Crippen molar-refractivity contribution >= 4 is 261 Å². The molecular formula is C23H24B36NO2. The van der Waals surface area contributed by atoms with E-state index in [4.69, 9.17) is 154 Å². The van der Waals surface area contributed by atoms with E-state index in [2.05, 4.69) is 58.0 Å². The summed E-state index contributed by atoms with van der Waals surface area (Å²) in [4.78, 5) is 4.72. The van der Waals surface area contributed by atoms with Crippen LogP contribution in [-0.4, -0.2) is 272 Å². The molecule has 1 saturated heterocycles. The van der Waals surface area contributed by atoms with E-state index in [0.717, 1.165) is 27.8 Å². The highest BCUT2D eigenvalue weighted by atomic mass is 16.7. The Morgan fingerprint density at radius 3 is 1.13 bits per heavy atom. The van der Waals surface area contributed by atoms with Gasteiger partial charge in [-0.25, -0.2) is 0 Å². The molecule has 1 aromatic heterocycles. The van der Waals surface area contributed by atoms with E-state index in [9.17, 15) is 0 Å². The Kier molecular flexibility index (Phi) is 22.4. The maximum Gasteiger partial charge on any atom is 0.497 e. The van der Waals surface area contributed by atoms with Gasteiger partial charge in [-0.1, -0.05) is 60.7 Å². The monoisotopic (exact) mass is 743 g/mol. The standard InChI is InChI=1S/C23H24BNO2.B35/c1-22(2)23(3,4)27-24(26-22)20-16-25-21(18-13-9-6-10-14-18)15-19(20)17-11-7-5-8-12-17;1-19-28(18)33(29(20(2)3)21(4)5)35(32(26(14)15)27(16)17)34(30(22(6)7)23(8)9)31(24(10)11)25(12)13/h5-16H,1-4H3;. The van der Waals surface area contributed by atoms with E-state index < -0.39 is 109 Å². The molecule has 241 valence electrons. The van der Waals surface area contributed by atoms with Crippen LogP contribution in [0.5, 0.6) is 0 Å². The minimum atomic E-state index is -1.13. The van der Waals surface area contributed by atoms with E-state index in [1.54, 1.807) is 0 Å². The number of nitrogens with zero attached hydrogens (tertiary/aromatic N) is 1. The smallest absolute Gasteiger partial charge is 0.399 e. The van der Waals surface area contributed by atoms with Crippen LogP contribution >= 0.6 is 0 Å². The zero-order chi connectivity index (χ0) is 47.0. The predicted octanol–water partition coefficient (Wildman–Crippen LogP) is -8.61. The zero-order valence-electron chi connectivity index (χ0n) is 36.5. The van der Waals surface area contributed by atoms with E-state index in [0.29, 0.717) is 0 Å². The molecule has 2 aromatic carbocycles. The normalized spacial score (nSPS) is 13.1. The summed E-state index contributed by atoms with van der Waals surface area (Å²) in [5, 5.41) is 0. The molecule has 1 fully saturated rings. The van der Waals surface area contributed by atoms with Gasteiger partial charge in [0.2, 0.25) is 0 Å². The summed E-state index contributed by atoms with van der Waals surface area (Å²) >= 11 is 0. The van der Waals surface area contributed by atoms with Crippen LogP contribution in [0, 0.1) is 0 Å². The van der Waals surface area contributed by atoms with Gasteiger partial charge >= 0.3 is 7.12 Å². The highest BCUT2D eigenvalue weighted by Crippen LogP contribution is 2.37. The van der Waals surface area contributed by atoms with E-state index >= 15 is 0 Å². The maximum atomic E-state index is 6.46. The largest absolute Gasteiger partial charge is 0.497 e. The van der Waals surface area contributed by atoms with Gasteiger partial charge in [0.25, 0.3) is 0 Å². The van der Waals surface area contributed by atoms with Crippen molar-refractivity contribution in [2.45, 2.75) is 38.9 Å². The van der Waals surface area contributed by atoms with E-state index in [1.165, 1.54) is 7.06 Å². The molecule has 1 aliphatic heterocycles. The van der Waals surface area contributed by atoms with Crippen molar-refractivity contribution in [3.63, 3.8) is 0 Å². The molecule has 39 heteroatoms. The van der Waals surface area contributed by atoms with Gasteiger partial charge in [-0.3, -0.25) is 4.98 Å². The summed E-state index contributed by atoms with van der Waals surface area (Å²) in [6.07, 6.45) is -14.5. The van der Waals surface area contributed by atoms with Crippen molar-refractivity contribution < 1.29 is 9.31 Å². The topological polar surface area (TPSA) is 31.4 Å². The molecule has 2 heterocycles. The van der Waals surface area contributed by atoms with Gasteiger partial charge < -0.3 is 9.31 Å². The third kappa shape index (κ3) is 14.0. The molecule has 62 heavy (non-hydrogen) atoms. The first-order valence-corrected chi connectivity index (χ1v) is 20.7. The lowest BCUT2D eigenvalue weighted by molar-refractivity contribution is 0.00578. The van der Waals surface area contributed by atoms with Crippen molar-refractivity contribution in [1.82, 2.24) is 4.98 Å². The van der Waals surface area contributed by atoms with Crippen molar-refractivity contribution in [2.75, 3.05) is 0 Å². The van der Waals surface area contributed by atoms with E-state index in [1.807, 2.05) is 42.6 Å². The molecule has 0 aliphatic carbocycles. The fraction of sp³-hybridized carbons (Fsp3) is 0.261. The van der Waals surface area contributed by atoms with Gasteiger partial charge in [-0.05, 0) is 44.9 Å². The lowest BCUT2D eigenvalue weighted by atomic mass is 8.29. The van der Waals surface area contributed by atoms with Crippen LogP contribution in [0.1, 0.15) is 27.7 Å². The van der Waals surface area contributed by atoms with Crippen LogP contribution < -0.4 is 5.46 Å². The van der Waals surface area contributed by atoms with Gasteiger partial charge in [0, 0.05) is 266 Å². The number of aromatic nitrogens is 1. The average Bonchev–Trinajstić information content (AvgIpc) is 3.40. The van der Waals surface area contributed by atoms with Crippen molar-refractivity contribution in [2.24, 2.45) is 0 Å². The number of rotatable bonds is 19. The summed E-state index contributed by atoms with van der Waals surface area (Å²) in [6.45, 7) is 8.28. The van der Waals surface area contributed by atoms with Crippen LogP contribution in [0.15, 0.2) is 72.9 Å². The Hall–Kier alpha value is -0.152. The van der Waals surface area contributed by atoms with Crippen molar-refractivity contribution in [3.05, 3.63) is 72.9 Å². The first-order chi connectivity index (χ1) is 28.8. The fourth-order valence-electron chi connectivity index (χ4n) is 8.78. The SMILES string of the molecule is CC1(C)OB(c2cnc(-c3ccccc3)cc2-c2ccccc2)OC1(C)C.[B][B]B([B])B(B(B([B])[B])B([B])[B])B(B(B([B])[B])B([B])[B])B(B(B([B])[B])B([B])[B])B(B([B])[B])B([B])[B]. The van der Waals surface area contributed by atoms with Gasteiger partial charge in [-0.15, -0.1) is 0 Å². The molecule has 3 aromatic rings. The quantitative estimate of drug-likeness (QED) is 0.115. The Bertz CT molecular complexity index is 1710. The average molecular weight is 736 g/mol. The molecule has 3 nitrogen and oxygen atoms in total. The minimum Gasteiger partial charge on any atom is -0.399 e. The highest BCUT2D eigenvalue weighted by Gasteiger charge is 2.55. The van der Waals surface area contributed by atoms with Gasteiger partial charge in [-0.2, -0.15) is 0 Å². The molecule has 0 unspecified atom stereocenters. The zero-order valence-corrected chi connectivity index (χ0v) is 36.5. The summed E-state index contributed by atoms with van der Waals surface area (Å²) in [7, 11) is 111. The Morgan fingerprint density at radius 1 is 0.468 bits per heavy atom. The first-order valence-electron chi connectivity index (χ1n) is 20.7. The maximum absolute atomic E-state index is 6.46. The van der Waals surface area contributed by atoms with Crippen LogP contribution in [0.3, 0.4) is 0 Å². The first kappa shape index (κ1) is 56.2. The molecule has 0 amide bonds. The molecule has 4 rings (SSSR count). The third-order valence-corrected chi connectivity index (χ3v) is 12.5. The molecular weight excluding hydrogens is 711 g/mol. The van der Waals surface area contributed by atoms with Crippen LogP contribution in [0.4, 0.5) is 0 Å².